The Balaban J connectivity index is 1.35. The third-order valence-corrected chi connectivity index (χ3v) is 5.68. The molecule has 0 bridgehead atoms. The van der Waals surface area contributed by atoms with Gasteiger partial charge in [0.1, 0.15) is 5.75 Å². The maximum atomic E-state index is 12.7. The zero-order chi connectivity index (χ0) is 19.5. The van der Waals surface area contributed by atoms with Crippen molar-refractivity contribution in [1.29, 1.82) is 0 Å². The minimum Gasteiger partial charge on any atom is -0.497 e. The number of nitrogens with zero attached hydrogens (tertiary/aromatic N) is 3. The monoisotopic (exact) mass is 396 g/mol. The summed E-state index contributed by atoms with van der Waals surface area (Å²) in [4.78, 5) is 33.1. The van der Waals surface area contributed by atoms with Crippen LogP contribution in [0, 0.1) is 0 Å². The molecule has 1 aliphatic rings. The minimum atomic E-state index is -0.180. The number of hydrogen-bond donors (Lipinski definition) is 1. The molecule has 144 valence electrons. The first-order valence-corrected chi connectivity index (χ1v) is 9.80. The Hall–Kier alpha value is -3.13. The smallest absolute Gasteiger partial charge is 0.321 e. The normalized spacial score (nSPS) is 14.2. The Labute approximate surface area is 166 Å². The van der Waals surface area contributed by atoms with E-state index in [-0.39, 0.29) is 11.9 Å². The maximum absolute atomic E-state index is 12.7. The van der Waals surface area contributed by atoms with Gasteiger partial charge < -0.3 is 19.9 Å². The molecule has 0 unspecified atom stereocenters. The maximum Gasteiger partial charge on any atom is 0.321 e. The number of ether oxygens (including phenoxy) is 1. The fourth-order valence-electron chi connectivity index (χ4n) is 3.11. The highest BCUT2D eigenvalue weighted by molar-refractivity contribution is 7.20. The zero-order valence-corrected chi connectivity index (χ0v) is 16.2. The number of fused-ring (bicyclic) bond motifs is 1. The van der Waals surface area contributed by atoms with E-state index in [0.717, 1.165) is 10.2 Å². The third-order valence-electron chi connectivity index (χ3n) is 4.65. The fourth-order valence-corrected chi connectivity index (χ4v) is 4.05. The van der Waals surface area contributed by atoms with E-state index in [1.165, 1.54) is 11.3 Å². The number of piperazine rings is 1. The molecule has 1 fully saturated rings. The summed E-state index contributed by atoms with van der Waals surface area (Å²) in [5, 5.41) is 3.37. The Morgan fingerprint density at radius 2 is 1.79 bits per heavy atom. The van der Waals surface area contributed by atoms with Crippen molar-refractivity contribution in [1.82, 2.24) is 14.8 Å². The highest BCUT2D eigenvalue weighted by Gasteiger charge is 2.26. The Kier molecular flexibility index (Phi) is 5.12. The minimum absolute atomic E-state index is 0.0750. The van der Waals surface area contributed by atoms with Gasteiger partial charge in [-0.15, -0.1) is 11.3 Å². The Morgan fingerprint density at radius 3 is 2.54 bits per heavy atom. The summed E-state index contributed by atoms with van der Waals surface area (Å²) < 4.78 is 6.17. The highest BCUT2D eigenvalue weighted by Crippen LogP contribution is 2.23. The number of carbonyl (C=O) groups excluding carboxylic acids is 2. The van der Waals surface area contributed by atoms with Crippen LogP contribution in [0.2, 0.25) is 0 Å². The van der Waals surface area contributed by atoms with Gasteiger partial charge in [-0.1, -0.05) is 18.2 Å². The SMILES string of the molecule is COc1cccc(NC(=O)N2CCN(C(=O)c3nc4ccccc4s3)CC2)c1. The molecule has 2 aromatic carbocycles. The molecule has 1 aliphatic heterocycles. The second kappa shape index (κ2) is 7.85. The summed E-state index contributed by atoms with van der Waals surface area (Å²) in [6.07, 6.45) is 0. The molecule has 4 rings (SSSR count). The number of benzene rings is 2. The molecule has 1 aromatic heterocycles. The van der Waals surface area contributed by atoms with Crippen molar-refractivity contribution in [2.45, 2.75) is 0 Å². The topological polar surface area (TPSA) is 74.8 Å². The van der Waals surface area contributed by atoms with E-state index >= 15 is 0 Å². The van der Waals surface area contributed by atoms with Gasteiger partial charge in [-0.3, -0.25) is 4.79 Å². The lowest BCUT2D eigenvalue weighted by Crippen LogP contribution is -2.51. The van der Waals surface area contributed by atoms with Crippen molar-refractivity contribution in [3.63, 3.8) is 0 Å². The third kappa shape index (κ3) is 3.77. The first-order chi connectivity index (χ1) is 13.6. The molecule has 1 saturated heterocycles. The summed E-state index contributed by atoms with van der Waals surface area (Å²) in [6.45, 7) is 1.93. The molecule has 1 N–H and O–H groups in total. The van der Waals surface area contributed by atoms with Gasteiger partial charge in [-0.2, -0.15) is 0 Å². The second-order valence-electron chi connectivity index (χ2n) is 6.43. The number of anilines is 1. The first kappa shape index (κ1) is 18.2. The molecule has 8 heteroatoms. The van der Waals surface area contributed by atoms with E-state index in [0.29, 0.717) is 42.6 Å². The van der Waals surface area contributed by atoms with Crippen LogP contribution in [0.1, 0.15) is 9.80 Å². The summed E-state index contributed by atoms with van der Waals surface area (Å²) in [5.74, 6) is 0.609. The van der Waals surface area contributed by atoms with Crippen LogP contribution in [0.4, 0.5) is 10.5 Å². The summed E-state index contributed by atoms with van der Waals surface area (Å²) >= 11 is 1.40. The molecular formula is C20H20N4O3S. The molecule has 7 nitrogen and oxygen atoms in total. The molecule has 0 radical (unpaired) electrons. The van der Waals surface area contributed by atoms with Crippen molar-refractivity contribution in [2.24, 2.45) is 0 Å². The molecule has 3 amide bonds. The largest absolute Gasteiger partial charge is 0.497 e. The van der Waals surface area contributed by atoms with Crippen LogP contribution < -0.4 is 10.1 Å². The number of thiazole rings is 1. The van der Waals surface area contributed by atoms with Gasteiger partial charge >= 0.3 is 6.03 Å². The van der Waals surface area contributed by atoms with E-state index in [9.17, 15) is 9.59 Å². The Bertz CT molecular complexity index is 978. The van der Waals surface area contributed by atoms with E-state index < -0.39 is 0 Å². The molecule has 3 aromatic rings. The van der Waals surface area contributed by atoms with Crippen LogP contribution in [-0.2, 0) is 0 Å². The number of nitrogens with one attached hydrogen (secondary N) is 1. The standard InChI is InChI=1S/C20H20N4O3S/c1-27-15-6-4-5-14(13-15)21-20(26)24-11-9-23(10-12-24)19(25)18-22-16-7-2-3-8-17(16)28-18/h2-8,13H,9-12H2,1H3,(H,21,26). The van der Waals surface area contributed by atoms with Crippen molar-refractivity contribution in [3.05, 3.63) is 53.5 Å². The van der Waals surface area contributed by atoms with Crippen molar-refractivity contribution < 1.29 is 14.3 Å². The van der Waals surface area contributed by atoms with Gasteiger partial charge in [0.2, 0.25) is 0 Å². The van der Waals surface area contributed by atoms with Gasteiger partial charge in [-0.05, 0) is 24.3 Å². The molecule has 0 atom stereocenters. The van der Waals surface area contributed by atoms with E-state index in [1.807, 2.05) is 42.5 Å². The molecule has 28 heavy (non-hydrogen) atoms. The van der Waals surface area contributed by atoms with Crippen LogP contribution >= 0.6 is 11.3 Å². The quantitative estimate of drug-likeness (QED) is 0.737. The predicted molar refractivity (Wildman–Crippen MR) is 109 cm³/mol. The van der Waals surface area contributed by atoms with Gasteiger partial charge in [-0.25, -0.2) is 9.78 Å². The lowest BCUT2D eigenvalue weighted by atomic mass is 10.3. The number of aromatic nitrogens is 1. The average molecular weight is 396 g/mol. The number of methoxy groups -OCH3 is 1. The Morgan fingerprint density at radius 1 is 1.04 bits per heavy atom. The first-order valence-electron chi connectivity index (χ1n) is 8.99. The molecule has 0 aliphatic carbocycles. The summed E-state index contributed by atoms with van der Waals surface area (Å²) in [5.41, 5.74) is 1.52. The molecule has 2 heterocycles. The van der Waals surface area contributed by atoms with Gasteiger partial charge in [0, 0.05) is 37.9 Å². The van der Waals surface area contributed by atoms with Crippen molar-refractivity contribution >= 4 is 39.2 Å². The van der Waals surface area contributed by atoms with E-state index in [2.05, 4.69) is 10.3 Å². The van der Waals surface area contributed by atoms with Gasteiger partial charge in [0.15, 0.2) is 5.01 Å². The average Bonchev–Trinajstić information content (AvgIpc) is 3.17. The van der Waals surface area contributed by atoms with E-state index in [4.69, 9.17) is 4.74 Å². The van der Waals surface area contributed by atoms with Crippen LogP contribution in [-0.4, -0.2) is 60.0 Å². The van der Waals surface area contributed by atoms with Gasteiger partial charge in [0.05, 0.1) is 17.3 Å². The predicted octanol–water partition coefficient (Wildman–Crippen LogP) is 3.29. The molecular weight excluding hydrogens is 376 g/mol. The van der Waals surface area contributed by atoms with Crippen molar-refractivity contribution in [3.8, 4) is 5.75 Å². The van der Waals surface area contributed by atoms with Crippen molar-refractivity contribution in [2.75, 3.05) is 38.6 Å². The number of urea groups is 1. The van der Waals surface area contributed by atoms with Crippen LogP contribution in [0.15, 0.2) is 48.5 Å². The summed E-state index contributed by atoms with van der Waals surface area (Å²) in [7, 11) is 1.59. The van der Waals surface area contributed by atoms with Crippen LogP contribution in [0.3, 0.4) is 0 Å². The lowest BCUT2D eigenvalue weighted by Gasteiger charge is -2.34. The number of rotatable bonds is 3. The lowest BCUT2D eigenvalue weighted by molar-refractivity contribution is 0.0671. The molecule has 0 spiro atoms. The fraction of sp³-hybridized carbons (Fsp3) is 0.250. The van der Waals surface area contributed by atoms with Crippen LogP contribution in [0.25, 0.3) is 10.2 Å². The van der Waals surface area contributed by atoms with Crippen LogP contribution in [0.5, 0.6) is 5.75 Å². The second-order valence-corrected chi connectivity index (χ2v) is 7.46. The summed E-state index contributed by atoms with van der Waals surface area (Å²) in [6, 6.07) is 14.8. The number of para-hydroxylation sites is 1. The van der Waals surface area contributed by atoms with E-state index in [1.54, 1.807) is 23.0 Å². The zero-order valence-electron chi connectivity index (χ0n) is 15.4. The number of carbonyl (C=O) groups is 2. The number of amides is 3. The highest BCUT2D eigenvalue weighted by atomic mass is 32.1. The van der Waals surface area contributed by atoms with Gasteiger partial charge in [0.25, 0.3) is 5.91 Å². The number of hydrogen-bond acceptors (Lipinski definition) is 5. The molecule has 0 saturated carbocycles.